The highest BCUT2D eigenvalue weighted by Gasteiger charge is 2.31. The Hall–Kier alpha value is -2.45. The molecular formula is C24H28F3N3O2. The number of carbonyl (C=O) groups is 1. The van der Waals surface area contributed by atoms with Gasteiger partial charge in [0, 0.05) is 12.2 Å². The lowest BCUT2D eigenvalue weighted by Crippen LogP contribution is -2.46. The number of hydrogen-bond donors (Lipinski definition) is 0. The van der Waals surface area contributed by atoms with Gasteiger partial charge in [-0.25, -0.2) is 0 Å². The number of morpholine rings is 1. The first-order valence-electron chi connectivity index (χ1n) is 11.0. The van der Waals surface area contributed by atoms with Crippen molar-refractivity contribution in [1.29, 1.82) is 0 Å². The summed E-state index contributed by atoms with van der Waals surface area (Å²) in [5.74, 6) is 0.108. The predicted molar refractivity (Wildman–Crippen MR) is 114 cm³/mol. The van der Waals surface area contributed by atoms with Crippen LogP contribution in [0.1, 0.15) is 47.0 Å². The second-order valence-corrected chi connectivity index (χ2v) is 8.60. The molecule has 0 bridgehead atoms. The van der Waals surface area contributed by atoms with Gasteiger partial charge >= 0.3 is 6.18 Å². The van der Waals surface area contributed by atoms with Crippen molar-refractivity contribution in [1.82, 2.24) is 14.8 Å². The van der Waals surface area contributed by atoms with E-state index in [2.05, 4.69) is 9.88 Å². The molecule has 1 unspecified atom stereocenters. The van der Waals surface area contributed by atoms with Crippen molar-refractivity contribution < 1.29 is 22.7 Å². The van der Waals surface area contributed by atoms with Gasteiger partial charge in [-0.1, -0.05) is 18.2 Å². The maximum Gasteiger partial charge on any atom is 0.416 e. The van der Waals surface area contributed by atoms with Gasteiger partial charge in [-0.2, -0.15) is 13.2 Å². The van der Waals surface area contributed by atoms with Gasteiger partial charge in [0.25, 0.3) is 0 Å². The van der Waals surface area contributed by atoms with Crippen LogP contribution in [0.15, 0.2) is 36.4 Å². The van der Waals surface area contributed by atoms with Crippen molar-refractivity contribution in [3.63, 3.8) is 0 Å². The molecule has 0 radical (unpaired) electrons. The highest BCUT2D eigenvalue weighted by Crippen LogP contribution is 2.30. The number of ether oxygens (including phenoxy) is 1. The van der Waals surface area contributed by atoms with E-state index >= 15 is 0 Å². The summed E-state index contributed by atoms with van der Waals surface area (Å²) in [6.45, 7) is 5.68. The first-order valence-corrected chi connectivity index (χ1v) is 11.0. The summed E-state index contributed by atoms with van der Waals surface area (Å²) in [4.78, 5) is 21.4. The Bertz CT molecular complexity index is 958. The molecule has 3 heterocycles. The number of aromatic nitrogens is 1. The summed E-state index contributed by atoms with van der Waals surface area (Å²) in [7, 11) is 0. The van der Waals surface area contributed by atoms with E-state index < -0.39 is 11.7 Å². The van der Waals surface area contributed by atoms with Crippen LogP contribution in [0.3, 0.4) is 0 Å². The number of pyridine rings is 1. The van der Waals surface area contributed by atoms with Crippen molar-refractivity contribution in [2.75, 3.05) is 39.3 Å². The van der Waals surface area contributed by atoms with Gasteiger partial charge in [0.1, 0.15) is 6.10 Å². The standard InChI is InChI=1S/C24H28F3N3O2/c1-17-11-19(12-18-5-4-6-20(13-18)24(25,26)27)14-21(28-17)22-15-30(9-10-32-22)23(31)16-29-7-2-3-8-29/h4-6,11,13-14,22H,2-3,7-10,12,15-16H2,1H3. The Balaban J connectivity index is 1.46. The monoisotopic (exact) mass is 447 g/mol. The third-order valence-electron chi connectivity index (χ3n) is 6.00. The van der Waals surface area contributed by atoms with E-state index in [1.807, 2.05) is 24.0 Å². The number of nitrogens with zero attached hydrogens (tertiary/aromatic N) is 3. The van der Waals surface area contributed by atoms with Crippen molar-refractivity contribution in [3.8, 4) is 0 Å². The fraction of sp³-hybridized carbons (Fsp3) is 0.500. The van der Waals surface area contributed by atoms with Gasteiger partial charge in [-0.15, -0.1) is 0 Å². The second-order valence-electron chi connectivity index (χ2n) is 8.60. The minimum absolute atomic E-state index is 0.108. The van der Waals surface area contributed by atoms with Crippen molar-refractivity contribution in [2.45, 2.75) is 38.5 Å². The molecule has 0 N–H and O–H groups in total. The molecule has 1 aromatic heterocycles. The average Bonchev–Trinajstić information content (AvgIpc) is 3.26. The number of likely N-dealkylation sites (tertiary alicyclic amines) is 1. The van der Waals surface area contributed by atoms with E-state index in [-0.39, 0.29) is 12.0 Å². The minimum atomic E-state index is -4.36. The number of halogens is 3. The Kier molecular flexibility index (Phi) is 6.81. The smallest absolute Gasteiger partial charge is 0.368 e. The van der Waals surface area contributed by atoms with Crippen LogP contribution in [-0.4, -0.2) is 60.0 Å². The van der Waals surface area contributed by atoms with Gasteiger partial charge in [0.05, 0.1) is 31.0 Å². The summed E-state index contributed by atoms with van der Waals surface area (Å²) >= 11 is 0. The largest absolute Gasteiger partial charge is 0.416 e. The minimum Gasteiger partial charge on any atom is -0.368 e. The molecule has 1 atom stereocenters. The van der Waals surface area contributed by atoms with E-state index in [4.69, 9.17) is 4.74 Å². The van der Waals surface area contributed by atoms with E-state index in [1.54, 1.807) is 6.07 Å². The Morgan fingerprint density at radius 1 is 1.12 bits per heavy atom. The molecule has 0 spiro atoms. The molecular weight excluding hydrogens is 419 g/mol. The highest BCUT2D eigenvalue weighted by atomic mass is 19.4. The molecule has 172 valence electrons. The second kappa shape index (κ2) is 9.58. The molecule has 2 aliphatic rings. The number of carbonyl (C=O) groups excluding carboxylic acids is 1. The molecule has 5 nitrogen and oxygen atoms in total. The maximum atomic E-state index is 13.0. The molecule has 1 aromatic carbocycles. The Morgan fingerprint density at radius 2 is 1.91 bits per heavy atom. The SMILES string of the molecule is Cc1cc(Cc2cccc(C(F)(F)F)c2)cc(C2CN(C(=O)CN3CCCC3)CCO2)n1. The predicted octanol–water partition coefficient (Wildman–Crippen LogP) is 4.00. The van der Waals surface area contributed by atoms with Crippen LogP contribution in [-0.2, 0) is 22.1 Å². The normalized spacial score (nSPS) is 20.0. The number of amides is 1. The van der Waals surface area contributed by atoms with Gasteiger partial charge < -0.3 is 9.64 Å². The van der Waals surface area contributed by atoms with Crippen LogP contribution in [0.4, 0.5) is 13.2 Å². The quantitative estimate of drug-likeness (QED) is 0.695. The van der Waals surface area contributed by atoms with E-state index in [0.717, 1.165) is 43.3 Å². The van der Waals surface area contributed by atoms with Crippen LogP contribution in [0.2, 0.25) is 0 Å². The molecule has 4 rings (SSSR count). The summed E-state index contributed by atoms with van der Waals surface area (Å²) in [5, 5.41) is 0. The molecule has 0 aliphatic carbocycles. The van der Waals surface area contributed by atoms with Gasteiger partial charge in [0.15, 0.2) is 0 Å². The third-order valence-corrected chi connectivity index (χ3v) is 6.00. The zero-order valence-electron chi connectivity index (χ0n) is 18.2. The topological polar surface area (TPSA) is 45.7 Å². The number of hydrogen-bond acceptors (Lipinski definition) is 4. The lowest BCUT2D eigenvalue weighted by atomic mass is 10.0. The molecule has 32 heavy (non-hydrogen) atoms. The molecule has 2 fully saturated rings. The average molecular weight is 448 g/mol. The molecule has 2 aromatic rings. The lowest BCUT2D eigenvalue weighted by Gasteiger charge is -2.34. The number of alkyl halides is 3. The fourth-order valence-corrected chi connectivity index (χ4v) is 4.42. The van der Waals surface area contributed by atoms with E-state index in [1.165, 1.54) is 12.1 Å². The van der Waals surface area contributed by atoms with Gasteiger partial charge in [-0.05, 0) is 68.6 Å². The third kappa shape index (κ3) is 5.66. The number of aryl methyl sites for hydroxylation is 1. The van der Waals surface area contributed by atoms with E-state index in [9.17, 15) is 18.0 Å². The number of rotatable bonds is 5. The maximum absolute atomic E-state index is 13.0. The summed E-state index contributed by atoms with van der Waals surface area (Å²) in [5.41, 5.74) is 2.29. The van der Waals surface area contributed by atoms with Gasteiger partial charge in [0.2, 0.25) is 5.91 Å². The molecule has 2 saturated heterocycles. The lowest BCUT2D eigenvalue weighted by molar-refractivity contribution is -0.140. The summed E-state index contributed by atoms with van der Waals surface area (Å²) in [6, 6.07) is 9.15. The summed E-state index contributed by atoms with van der Waals surface area (Å²) in [6.07, 6.45) is -2.06. The van der Waals surface area contributed by atoms with Crippen LogP contribution in [0, 0.1) is 6.92 Å². The molecule has 0 saturated carbocycles. The van der Waals surface area contributed by atoms with Crippen LogP contribution < -0.4 is 0 Å². The van der Waals surface area contributed by atoms with Crippen LogP contribution in [0.5, 0.6) is 0 Å². The van der Waals surface area contributed by atoms with Crippen molar-refractivity contribution in [2.24, 2.45) is 0 Å². The Labute approximate surface area is 186 Å². The van der Waals surface area contributed by atoms with Crippen LogP contribution >= 0.6 is 0 Å². The highest BCUT2D eigenvalue weighted by molar-refractivity contribution is 5.78. The summed E-state index contributed by atoms with van der Waals surface area (Å²) < 4.78 is 45.1. The van der Waals surface area contributed by atoms with Crippen LogP contribution in [0.25, 0.3) is 0 Å². The Morgan fingerprint density at radius 3 is 2.66 bits per heavy atom. The first kappa shape index (κ1) is 22.7. The van der Waals surface area contributed by atoms with Gasteiger partial charge in [-0.3, -0.25) is 14.7 Å². The fourth-order valence-electron chi connectivity index (χ4n) is 4.42. The molecule has 2 aliphatic heterocycles. The zero-order valence-corrected chi connectivity index (χ0v) is 18.2. The van der Waals surface area contributed by atoms with E-state index in [0.29, 0.717) is 43.9 Å². The molecule has 1 amide bonds. The van der Waals surface area contributed by atoms with Crippen molar-refractivity contribution in [3.05, 3.63) is 64.5 Å². The first-order chi connectivity index (χ1) is 15.3. The number of benzene rings is 1. The molecule has 8 heteroatoms. The zero-order chi connectivity index (χ0) is 22.7. The van der Waals surface area contributed by atoms with Crippen molar-refractivity contribution >= 4 is 5.91 Å².